The smallest absolute Gasteiger partial charge is 0.0513 e. The van der Waals surface area contributed by atoms with Crippen molar-refractivity contribution in [3.8, 4) is 0 Å². The van der Waals surface area contributed by atoms with Gasteiger partial charge in [-0.2, -0.15) is 0 Å². The molecule has 0 aliphatic carbocycles. The molecule has 15 heavy (non-hydrogen) atoms. The first-order chi connectivity index (χ1) is 7.18. The number of rotatable bonds is 2. The van der Waals surface area contributed by atoms with Crippen LogP contribution in [0.5, 0.6) is 0 Å². The minimum atomic E-state index is 0.131. The summed E-state index contributed by atoms with van der Waals surface area (Å²) in [6.07, 6.45) is 1.09. The third-order valence-electron chi connectivity index (χ3n) is 3.39. The second-order valence-corrected chi connectivity index (χ2v) is 4.49. The van der Waals surface area contributed by atoms with Crippen molar-refractivity contribution < 1.29 is 4.74 Å². The van der Waals surface area contributed by atoms with Gasteiger partial charge in [-0.15, -0.1) is 0 Å². The summed E-state index contributed by atoms with van der Waals surface area (Å²) in [5.74, 6) is 0.493. The standard InChI is InChI=1S/C13H19NO/c1-9-3-4-11(7-10(9)2)13(14)12-5-6-15-8-12/h3-4,7,12-13H,5-6,8,14H2,1-2H3. The van der Waals surface area contributed by atoms with Crippen LogP contribution in [-0.2, 0) is 4.74 Å². The highest BCUT2D eigenvalue weighted by Gasteiger charge is 2.23. The van der Waals surface area contributed by atoms with Gasteiger partial charge in [0, 0.05) is 18.6 Å². The molecule has 0 amide bonds. The maximum absolute atomic E-state index is 6.24. The first kappa shape index (κ1) is 10.7. The molecule has 2 rings (SSSR count). The zero-order chi connectivity index (χ0) is 10.8. The summed E-state index contributed by atoms with van der Waals surface area (Å²) in [5.41, 5.74) is 10.1. The van der Waals surface area contributed by atoms with Crippen molar-refractivity contribution in [2.24, 2.45) is 11.7 Å². The summed E-state index contributed by atoms with van der Waals surface area (Å²) in [5, 5.41) is 0. The van der Waals surface area contributed by atoms with E-state index >= 15 is 0 Å². The summed E-state index contributed by atoms with van der Waals surface area (Å²) in [6, 6.07) is 6.64. The van der Waals surface area contributed by atoms with Gasteiger partial charge >= 0.3 is 0 Å². The fraction of sp³-hybridized carbons (Fsp3) is 0.538. The molecule has 82 valence electrons. The summed E-state index contributed by atoms with van der Waals surface area (Å²) in [7, 11) is 0. The number of nitrogens with two attached hydrogens (primary N) is 1. The Bertz CT molecular complexity index is 342. The quantitative estimate of drug-likeness (QED) is 0.804. The fourth-order valence-electron chi connectivity index (χ4n) is 2.08. The van der Waals surface area contributed by atoms with Crippen LogP contribution in [0.3, 0.4) is 0 Å². The molecule has 1 aliphatic rings. The summed E-state index contributed by atoms with van der Waals surface area (Å²) in [4.78, 5) is 0. The van der Waals surface area contributed by atoms with Crippen LogP contribution in [0.25, 0.3) is 0 Å². The largest absolute Gasteiger partial charge is 0.381 e. The molecule has 2 atom stereocenters. The molecule has 2 unspecified atom stereocenters. The van der Waals surface area contributed by atoms with Crippen molar-refractivity contribution in [3.63, 3.8) is 0 Å². The van der Waals surface area contributed by atoms with E-state index in [1.54, 1.807) is 0 Å². The molecule has 1 saturated heterocycles. The third-order valence-corrected chi connectivity index (χ3v) is 3.39. The van der Waals surface area contributed by atoms with E-state index in [1.807, 2.05) is 0 Å². The van der Waals surface area contributed by atoms with E-state index in [1.165, 1.54) is 16.7 Å². The number of hydrogen-bond acceptors (Lipinski definition) is 2. The lowest BCUT2D eigenvalue weighted by atomic mass is 9.91. The molecule has 0 bridgehead atoms. The number of aryl methyl sites for hydroxylation is 2. The van der Waals surface area contributed by atoms with Gasteiger partial charge in [-0.1, -0.05) is 18.2 Å². The number of benzene rings is 1. The van der Waals surface area contributed by atoms with Gasteiger partial charge in [-0.3, -0.25) is 0 Å². The molecule has 0 spiro atoms. The monoisotopic (exact) mass is 205 g/mol. The molecule has 2 N–H and O–H groups in total. The van der Waals surface area contributed by atoms with Gasteiger partial charge < -0.3 is 10.5 Å². The summed E-state index contributed by atoms with van der Waals surface area (Å²) < 4.78 is 5.37. The first-order valence-corrected chi connectivity index (χ1v) is 5.59. The molecule has 1 aromatic rings. The van der Waals surface area contributed by atoms with Gasteiger partial charge in [0.2, 0.25) is 0 Å². The molecule has 1 aliphatic heterocycles. The van der Waals surface area contributed by atoms with Gasteiger partial charge in [0.25, 0.3) is 0 Å². The van der Waals surface area contributed by atoms with Gasteiger partial charge in [-0.25, -0.2) is 0 Å². The normalized spacial score (nSPS) is 23.0. The van der Waals surface area contributed by atoms with E-state index in [2.05, 4.69) is 32.0 Å². The average molecular weight is 205 g/mol. The highest BCUT2D eigenvalue weighted by atomic mass is 16.5. The molecular formula is C13H19NO. The van der Waals surface area contributed by atoms with E-state index in [-0.39, 0.29) is 6.04 Å². The van der Waals surface area contributed by atoms with Crippen LogP contribution in [-0.4, -0.2) is 13.2 Å². The van der Waals surface area contributed by atoms with Gasteiger partial charge in [0.15, 0.2) is 0 Å². The minimum Gasteiger partial charge on any atom is -0.381 e. The Kier molecular flexibility index (Phi) is 3.08. The van der Waals surface area contributed by atoms with Crippen molar-refractivity contribution in [1.82, 2.24) is 0 Å². The topological polar surface area (TPSA) is 35.2 Å². The number of ether oxygens (including phenoxy) is 1. The number of hydrogen-bond donors (Lipinski definition) is 1. The van der Waals surface area contributed by atoms with Gasteiger partial charge in [0.1, 0.15) is 0 Å². The zero-order valence-corrected chi connectivity index (χ0v) is 9.49. The van der Waals surface area contributed by atoms with Gasteiger partial charge in [0.05, 0.1) is 6.61 Å². The van der Waals surface area contributed by atoms with Crippen molar-refractivity contribution in [1.29, 1.82) is 0 Å². The van der Waals surface area contributed by atoms with E-state index in [0.29, 0.717) is 5.92 Å². The lowest BCUT2D eigenvalue weighted by Crippen LogP contribution is -2.21. The van der Waals surface area contributed by atoms with E-state index in [9.17, 15) is 0 Å². The molecule has 2 heteroatoms. The Morgan fingerprint density at radius 1 is 1.33 bits per heavy atom. The molecule has 1 heterocycles. The third kappa shape index (κ3) is 2.21. The highest BCUT2D eigenvalue weighted by Crippen LogP contribution is 2.27. The Balaban J connectivity index is 2.17. The minimum absolute atomic E-state index is 0.131. The summed E-state index contributed by atoms with van der Waals surface area (Å²) in [6.45, 7) is 5.94. The molecule has 0 saturated carbocycles. The molecule has 1 fully saturated rings. The average Bonchev–Trinajstić information content (AvgIpc) is 2.74. The van der Waals surface area contributed by atoms with Crippen molar-refractivity contribution >= 4 is 0 Å². The van der Waals surface area contributed by atoms with Crippen LogP contribution in [0, 0.1) is 19.8 Å². The summed E-state index contributed by atoms with van der Waals surface area (Å²) >= 11 is 0. The highest BCUT2D eigenvalue weighted by molar-refractivity contribution is 5.31. The SMILES string of the molecule is Cc1ccc(C(N)C2CCOC2)cc1C. The maximum Gasteiger partial charge on any atom is 0.0513 e. The Morgan fingerprint density at radius 2 is 2.13 bits per heavy atom. The Hall–Kier alpha value is -0.860. The van der Waals surface area contributed by atoms with Crippen molar-refractivity contribution in [2.75, 3.05) is 13.2 Å². The molecule has 0 aromatic heterocycles. The Morgan fingerprint density at radius 3 is 2.73 bits per heavy atom. The predicted molar refractivity (Wildman–Crippen MR) is 61.8 cm³/mol. The van der Waals surface area contributed by atoms with Crippen molar-refractivity contribution in [2.45, 2.75) is 26.3 Å². The Labute approximate surface area is 91.4 Å². The van der Waals surface area contributed by atoms with Crippen LogP contribution in [0.2, 0.25) is 0 Å². The van der Waals surface area contributed by atoms with Crippen LogP contribution in [0.1, 0.15) is 29.2 Å². The second-order valence-electron chi connectivity index (χ2n) is 4.49. The van der Waals surface area contributed by atoms with Crippen LogP contribution in [0.15, 0.2) is 18.2 Å². The van der Waals surface area contributed by atoms with Crippen LogP contribution >= 0.6 is 0 Å². The van der Waals surface area contributed by atoms with Crippen LogP contribution in [0.4, 0.5) is 0 Å². The van der Waals surface area contributed by atoms with E-state index in [4.69, 9.17) is 10.5 Å². The lowest BCUT2D eigenvalue weighted by molar-refractivity contribution is 0.181. The lowest BCUT2D eigenvalue weighted by Gasteiger charge is -2.18. The fourth-order valence-corrected chi connectivity index (χ4v) is 2.08. The van der Waals surface area contributed by atoms with Crippen molar-refractivity contribution in [3.05, 3.63) is 34.9 Å². The molecule has 0 radical (unpaired) electrons. The van der Waals surface area contributed by atoms with E-state index in [0.717, 1.165) is 19.6 Å². The van der Waals surface area contributed by atoms with E-state index < -0.39 is 0 Å². The molecular weight excluding hydrogens is 186 g/mol. The van der Waals surface area contributed by atoms with Crippen LogP contribution < -0.4 is 5.73 Å². The maximum atomic E-state index is 6.24. The molecule has 2 nitrogen and oxygen atoms in total. The zero-order valence-electron chi connectivity index (χ0n) is 9.49. The molecule has 1 aromatic carbocycles. The van der Waals surface area contributed by atoms with Gasteiger partial charge in [-0.05, 0) is 37.0 Å². The second kappa shape index (κ2) is 4.33. The first-order valence-electron chi connectivity index (χ1n) is 5.59. The predicted octanol–water partition coefficient (Wildman–Crippen LogP) is 2.34.